The summed E-state index contributed by atoms with van der Waals surface area (Å²) in [5.41, 5.74) is 1.48. The van der Waals surface area contributed by atoms with E-state index in [9.17, 15) is 9.50 Å². The third-order valence-electron chi connectivity index (χ3n) is 3.11. The topological polar surface area (TPSA) is 54.4 Å². The van der Waals surface area contributed by atoms with Crippen molar-refractivity contribution >= 4 is 11.6 Å². The van der Waals surface area contributed by atoms with Gasteiger partial charge in [-0.05, 0) is 23.8 Å². The van der Waals surface area contributed by atoms with E-state index in [0.717, 1.165) is 5.56 Å². The highest BCUT2D eigenvalue weighted by Crippen LogP contribution is 2.21. The van der Waals surface area contributed by atoms with Crippen molar-refractivity contribution in [2.24, 2.45) is 0 Å². The molecule has 6 heteroatoms. The number of hydrogen-bond donors (Lipinski definition) is 2. The fourth-order valence-electron chi connectivity index (χ4n) is 1.99. The average molecular weight is 311 g/mol. The molecule has 1 atom stereocenters. The Kier molecular flexibility index (Phi) is 5.50. The monoisotopic (exact) mass is 310 g/mol. The Morgan fingerprint density at radius 1 is 1.43 bits per heavy atom. The molecule has 112 valence electrons. The zero-order valence-electron chi connectivity index (χ0n) is 11.5. The lowest BCUT2D eigenvalue weighted by atomic mass is 10.1. The first-order valence-electron chi connectivity index (χ1n) is 6.42. The molecular weight excluding hydrogens is 295 g/mol. The zero-order chi connectivity index (χ0) is 15.2. The standard InChI is InChI=1S/C15H16ClFN2O2/c1-21-15-11(3-2-6-18-15)8-19-14(9-20)10-4-5-12(16)13(17)7-10/h2-7,14,19-20H,8-9H2,1H3/t14-/m0/s1. The van der Waals surface area contributed by atoms with Crippen LogP contribution in [0.5, 0.6) is 5.88 Å². The van der Waals surface area contributed by atoms with Crippen molar-refractivity contribution in [1.82, 2.24) is 10.3 Å². The number of halogens is 2. The first-order valence-corrected chi connectivity index (χ1v) is 6.80. The van der Waals surface area contributed by atoms with Gasteiger partial charge in [0.05, 0.1) is 24.8 Å². The van der Waals surface area contributed by atoms with Gasteiger partial charge in [-0.15, -0.1) is 0 Å². The van der Waals surface area contributed by atoms with Gasteiger partial charge in [0, 0.05) is 18.3 Å². The smallest absolute Gasteiger partial charge is 0.217 e. The van der Waals surface area contributed by atoms with Crippen molar-refractivity contribution in [2.45, 2.75) is 12.6 Å². The number of aromatic nitrogens is 1. The summed E-state index contributed by atoms with van der Waals surface area (Å²) in [6.07, 6.45) is 1.64. The maximum atomic E-state index is 13.5. The predicted molar refractivity (Wildman–Crippen MR) is 78.9 cm³/mol. The molecule has 0 radical (unpaired) electrons. The molecule has 0 saturated carbocycles. The van der Waals surface area contributed by atoms with E-state index in [4.69, 9.17) is 16.3 Å². The molecule has 0 unspecified atom stereocenters. The second-order valence-electron chi connectivity index (χ2n) is 4.46. The summed E-state index contributed by atoms with van der Waals surface area (Å²) in [6, 6.07) is 7.74. The molecule has 0 aliphatic heterocycles. The van der Waals surface area contributed by atoms with E-state index in [1.54, 1.807) is 25.4 Å². The van der Waals surface area contributed by atoms with Crippen LogP contribution in [0, 0.1) is 5.82 Å². The number of aliphatic hydroxyl groups excluding tert-OH is 1. The second-order valence-corrected chi connectivity index (χ2v) is 4.87. The third-order valence-corrected chi connectivity index (χ3v) is 3.42. The molecule has 0 aliphatic carbocycles. The summed E-state index contributed by atoms with van der Waals surface area (Å²) < 4.78 is 18.6. The molecule has 1 heterocycles. The van der Waals surface area contributed by atoms with Gasteiger partial charge in [-0.25, -0.2) is 9.37 Å². The number of benzene rings is 1. The lowest BCUT2D eigenvalue weighted by Crippen LogP contribution is -2.24. The minimum atomic E-state index is -0.506. The van der Waals surface area contributed by atoms with Gasteiger partial charge in [0.2, 0.25) is 5.88 Å². The third kappa shape index (κ3) is 3.91. The molecule has 0 aliphatic rings. The van der Waals surface area contributed by atoms with Crippen molar-refractivity contribution in [3.8, 4) is 5.88 Å². The van der Waals surface area contributed by atoms with Crippen LogP contribution in [0.2, 0.25) is 5.02 Å². The molecule has 1 aromatic carbocycles. The first kappa shape index (κ1) is 15.7. The highest BCUT2D eigenvalue weighted by atomic mass is 35.5. The summed E-state index contributed by atoms with van der Waals surface area (Å²) in [4.78, 5) is 4.10. The van der Waals surface area contributed by atoms with Gasteiger partial charge in [-0.1, -0.05) is 23.7 Å². The lowest BCUT2D eigenvalue weighted by Gasteiger charge is -2.17. The first-order chi connectivity index (χ1) is 10.2. The van der Waals surface area contributed by atoms with Gasteiger partial charge in [0.1, 0.15) is 5.82 Å². The number of nitrogens with zero attached hydrogens (tertiary/aromatic N) is 1. The average Bonchev–Trinajstić information content (AvgIpc) is 2.51. The van der Waals surface area contributed by atoms with Crippen LogP contribution in [0.3, 0.4) is 0 Å². The minimum absolute atomic E-state index is 0.0596. The molecule has 0 bridgehead atoms. The van der Waals surface area contributed by atoms with Crippen molar-refractivity contribution in [1.29, 1.82) is 0 Å². The lowest BCUT2D eigenvalue weighted by molar-refractivity contribution is 0.242. The van der Waals surface area contributed by atoms with Crippen LogP contribution < -0.4 is 10.1 Å². The quantitative estimate of drug-likeness (QED) is 0.861. The molecule has 0 spiro atoms. The van der Waals surface area contributed by atoms with Gasteiger partial charge in [0.15, 0.2) is 0 Å². The van der Waals surface area contributed by atoms with Crippen molar-refractivity contribution in [2.75, 3.05) is 13.7 Å². The van der Waals surface area contributed by atoms with Gasteiger partial charge in [0.25, 0.3) is 0 Å². The predicted octanol–water partition coefficient (Wildman–Crippen LogP) is 2.71. The van der Waals surface area contributed by atoms with Crippen LogP contribution in [0.1, 0.15) is 17.2 Å². The Morgan fingerprint density at radius 3 is 2.90 bits per heavy atom. The fraction of sp³-hybridized carbons (Fsp3) is 0.267. The van der Waals surface area contributed by atoms with Crippen LogP contribution in [0.15, 0.2) is 36.5 Å². The summed E-state index contributed by atoms with van der Waals surface area (Å²) >= 11 is 5.66. The number of ether oxygens (including phenoxy) is 1. The normalized spacial score (nSPS) is 12.2. The number of methoxy groups -OCH3 is 1. The maximum Gasteiger partial charge on any atom is 0.217 e. The molecule has 2 rings (SSSR count). The van der Waals surface area contributed by atoms with Crippen LogP contribution in [-0.2, 0) is 6.54 Å². The SMILES string of the molecule is COc1ncccc1CN[C@@H](CO)c1ccc(Cl)c(F)c1. The molecular formula is C15H16ClFN2O2. The van der Waals surface area contributed by atoms with Crippen LogP contribution >= 0.6 is 11.6 Å². The maximum absolute atomic E-state index is 13.5. The largest absolute Gasteiger partial charge is 0.481 e. The van der Waals surface area contributed by atoms with Gasteiger partial charge >= 0.3 is 0 Å². The molecule has 4 nitrogen and oxygen atoms in total. The molecule has 2 N–H and O–H groups in total. The van der Waals surface area contributed by atoms with Crippen LogP contribution in [0.25, 0.3) is 0 Å². The van der Waals surface area contributed by atoms with E-state index in [0.29, 0.717) is 18.0 Å². The van der Waals surface area contributed by atoms with E-state index in [2.05, 4.69) is 10.3 Å². The van der Waals surface area contributed by atoms with Crippen LogP contribution in [0.4, 0.5) is 4.39 Å². The number of pyridine rings is 1. The summed E-state index contributed by atoms with van der Waals surface area (Å²) in [7, 11) is 1.55. The number of rotatable bonds is 6. The highest BCUT2D eigenvalue weighted by Gasteiger charge is 2.13. The Bertz CT molecular complexity index is 610. The van der Waals surface area contributed by atoms with E-state index in [1.165, 1.54) is 12.1 Å². The second kappa shape index (κ2) is 7.36. The Labute approximate surface area is 127 Å². The van der Waals surface area contributed by atoms with Gasteiger partial charge < -0.3 is 15.2 Å². The van der Waals surface area contributed by atoms with Gasteiger partial charge in [-0.3, -0.25) is 0 Å². The molecule has 21 heavy (non-hydrogen) atoms. The summed E-state index contributed by atoms with van der Waals surface area (Å²) in [6.45, 7) is 0.274. The minimum Gasteiger partial charge on any atom is -0.481 e. The molecule has 0 fully saturated rings. The van der Waals surface area contributed by atoms with E-state index in [1.807, 2.05) is 6.07 Å². The number of nitrogens with one attached hydrogen (secondary N) is 1. The molecule has 2 aromatic rings. The van der Waals surface area contributed by atoms with E-state index < -0.39 is 11.9 Å². The van der Waals surface area contributed by atoms with Crippen molar-refractivity contribution < 1.29 is 14.2 Å². The highest BCUT2D eigenvalue weighted by molar-refractivity contribution is 6.30. The summed E-state index contributed by atoms with van der Waals surface area (Å²) in [5, 5.41) is 12.7. The number of aliphatic hydroxyl groups is 1. The Morgan fingerprint density at radius 2 is 2.24 bits per heavy atom. The molecule has 0 saturated heterocycles. The van der Waals surface area contributed by atoms with E-state index in [-0.39, 0.29) is 11.6 Å². The van der Waals surface area contributed by atoms with Crippen molar-refractivity contribution in [3.63, 3.8) is 0 Å². The van der Waals surface area contributed by atoms with Crippen molar-refractivity contribution in [3.05, 3.63) is 58.5 Å². The van der Waals surface area contributed by atoms with E-state index >= 15 is 0 Å². The van der Waals surface area contributed by atoms with Gasteiger partial charge in [-0.2, -0.15) is 0 Å². The van der Waals surface area contributed by atoms with Crippen LogP contribution in [-0.4, -0.2) is 23.8 Å². The molecule has 0 amide bonds. The number of hydrogen-bond acceptors (Lipinski definition) is 4. The summed E-state index contributed by atoms with van der Waals surface area (Å²) in [5.74, 6) is 0.0114. The fourth-order valence-corrected chi connectivity index (χ4v) is 2.11. The Balaban J connectivity index is 2.10. The zero-order valence-corrected chi connectivity index (χ0v) is 12.3. The Hall–Kier alpha value is -1.69. The molecule has 1 aromatic heterocycles.